The summed E-state index contributed by atoms with van der Waals surface area (Å²) in [4.78, 5) is 46.7. The number of ether oxygens (including phenoxy) is 3. The molecule has 4 aliphatic rings. The summed E-state index contributed by atoms with van der Waals surface area (Å²) >= 11 is 0. The van der Waals surface area contributed by atoms with Gasteiger partial charge in [0.2, 0.25) is 11.8 Å². The van der Waals surface area contributed by atoms with Crippen molar-refractivity contribution in [1.29, 1.82) is 0 Å². The van der Waals surface area contributed by atoms with Gasteiger partial charge < -0.3 is 29.3 Å². The van der Waals surface area contributed by atoms with Gasteiger partial charge in [0.15, 0.2) is 6.29 Å². The quantitative estimate of drug-likeness (QED) is 0.183. The third-order valence-corrected chi connectivity index (χ3v) is 11.1. The smallest absolute Gasteiger partial charge is 0.408 e. The number of carbonyl (C=O) groups excluding carboxylic acids is 3. The molecule has 0 radical (unpaired) electrons. The molecule has 3 aromatic carbocycles. The fourth-order valence-electron chi connectivity index (χ4n) is 8.08. The van der Waals surface area contributed by atoms with Crippen molar-refractivity contribution in [3.8, 4) is 0 Å². The third-order valence-electron chi connectivity index (χ3n) is 11.1. The number of amides is 3. The molecule has 3 aromatic rings. The number of alkyl carbamates (subject to hydrolysis) is 1. The molecule has 53 heavy (non-hydrogen) atoms. The fraction of sp³-hybridized carbons (Fsp3) is 0.512. The highest BCUT2D eigenvalue weighted by atomic mass is 16.7. The number of nitrogens with zero attached hydrogens (tertiary/aromatic N) is 3. The fourth-order valence-corrected chi connectivity index (χ4v) is 8.08. The van der Waals surface area contributed by atoms with Gasteiger partial charge in [0, 0.05) is 52.4 Å². The summed E-state index contributed by atoms with van der Waals surface area (Å²) in [7, 11) is 0. The van der Waals surface area contributed by atoms with Gasteiger partial charge in [0.1, 0.15) is 6.10 Å². The Balaban J connectivity index is 1.03. The molecule has 3 amide bonds. The van der Waals surface area contributed by atoms with E-state index in [0.717, 1.165) is 54.7 Å². The van der Waals surface area contributed by atoms with Crippen molar-refractivity contribution in [2.75, 3.05) is 52.5 Å². The van der Waals surface area contributed by atoms with Crippen LogP contribution in [0.2, 0.25) is 0 Å². The molecule has 0 saturated carbocycles. The second-order valence-electron chi connectivity index (χ2n) is 14.6. The molecule has 7 rings (SSSR count). The highest BCUT2D eigenvalue weighted by Gasteiger charge is 2.41. The summed E-state index contributed by atoms with van der Waals surface area (Å²) in [6, 6.07) is 27.9. The Morgan fingerprint density at radius 1 is 0.792 bits per heavy atom. The van der Waals surface area contributed by atoms with Crippen molar-refractivity contribution < 1.29 is 28.6 Å². The van der Waals surface area contributed by atoms with E-state index in [1.54, 1.807) is 0 Å². The van der Waals surface area contributed by atoms with Crippen molar-refractivity contribution in [1.82, 2.24) is 20.0 Å². The summed E-state index contributed by atoms with van der Waals surface area (Å²) in [5.41, 5.74) is 3.31. The van der Waals surface area contributed by atoms with Crippen LogP contribution < -0.4 is 5.32 Å². The number of carbonyl (C=O) groups is 3. The average Bonchev–Trinajstić information content (AvgIpc) is 3.18. The molecule has 0 aromatic heterocycles. The zero-order chi connectivity index (χ0) is 37.0. The van der Waals surface area contributed by atoms with Gasteiger partial charge >= 0.3 is 6.09 Å². The molecule has 4 heterocycles. The second kappa shape index (κ2) is 18.7. The maximum absolute atomic E-state index is 13.6. The van der Waals surface area contributed by atoms with Gasteiger partial charge in [-0.2, -0.15) is 0 Å². The molecule has 4 fully saturated rings. The van der Waals surface area contributed by atoms with Gasteiger partial charge in [0.05, 0.1) is 18.4 Å². The molecule has 4 aliphatic heterocycles. The minimum absolute atomic E-state index is 0.0286. The Bertz CT molecular complexity index is 1600. The van der Waals surface area contributed by atoms with Gasteiger partial charge in [-0.15, -0.1) is 0 Å². The lowest BCUT2D eigenvalue weighted by Gasteiger charge is -2.45. The second-order valence-corrected chi connectivity index (χ2v) is 14.6. The van der Waals surface area contributed by atoms with Crippen LogP contribution in [0.3, 0.4) is 0 Å². The first-order valence-electron chi connectivity index (χ1n) is 19.5. The van der Waals surface area contributed by atoms with E-state index in [4.69, 9.17) is 14.2 Å². The monoisotopic (exact) mass is 724 g/mol. The summed E-state index contributed by atoms with van der Waals surface area (Å²) < 4.78 is 17.5. The lowest BCUT2D eigenvalue weighted by molar-refractivity contribution is -0.146. The first-order valence-corrected chi connectivity index (χ1v) is 19.5. The molecule has 10 nitrogen and oxygen atoms in total. The number of benzene rings is 3. The topological polar surface area (TPSA) is 101 Å². The zero-order valence-corrected chi connectivity index (χ0v) is 31.4. The summed E-state index contributed by atoms with van der Waals surface area (Å²) in [6.45, 7) is 10.1. The van der Waals surface area contributed by atoms with Crippen molar-refractivity contribution in [2.45, 2.75) is 83.3 Å². The normalized spacial score (nSPS) is 20.6. The van der Waals surface area contributed by atoms with Crippen molar-refractivity contribution in [3.63, 3.8) is 0 Å². The van der Waals surface area contributed by atoms with Crippen LogP contribution in [0.25, 0.3) is 0 Å². The van der Waals surface area contributed by atoms with E-state index in [1.165, 1.54) is 0 Å². The molecule has 0 spiro atoms. The number of piperidine rings is 4. The van der Waals surface area contributed by atoms with Crippen LogP contribution in [0, 0.1) is 5.92 Å². The van der Waals surface area contributed by atoms with E-state index in [2.05, 4.69) is 22.3 Å². The molecule has 1 N–H and O–H groups in total. The Hall–Kier alpha value is -4.25. The van der Waals surface area contributed by atoms with E-state index < -0.39 is 5.54 Å². The number of rotatable bonds is 16. The Kier molecular flexibility index (Phi) is 13.6. The maximum atomic E-state index is 13.6. The Morgan fingerprint density at radius 3 is 1.98 bits per heavy atom. The van der Waals surface area contributed by atoms with Crippen molar-refractivity contribution >= 4 is 17.9 Å². The molecule has 10 heteroatoms. The van der Waals surface area contributed by atoms with E-state index in [-0.39, 0.29) is 43.1 Å². The van der Waals surface area contributed by atoms with E-state index in [0.29, 0.717) is 64.6 Å². The summed E-state index contributed by atoms with van der Waals surface area (Å²) in [5, 5.41) is 3.27. The average molecular weight is 725 g/mol. The predicted octanol–water partition coefficient (Wildman–Crippen LogP) is 5.93. The zero-order valence-electron chi connectivity index (χ0n) is 31.4. The van der Waals surface area contributed by atoms with Gasteiger partial charge in [-0.25, -0.2) is 4.79 Å². The van der Waals surface area contributed by atoms with E-state index >= 15 is 0 Å². The first kappa shape index (κ1) is 38.5. The highest BCUT2D eigenvalue weighted by Crippen LogP contribution is 2.35. The molecule has 2 bridgehead atoms. The van der Waals surface area contributed by atoms with Crippen LogP contribution in [-0.4, -0.2) is 97.5 Å². The van der Waals surface area contributed by atoms with Crippen molar-refractivity contribution in [3.05, 3.63) is 107 Å². The van der Waals surface area contributed by atoms with Crippen LogP contribution in [-0.2, 0) is 48.7 Å². The maximum Gasteiger partial charge on any atom is 0.408 e. The molecular formula is C43H56N4O6. The first-order chi connectivity index (χ1) is 25.8. The standard InChI is InChI=1S/C43H56N4O6/c1-3-51-41(52-4-2)21-26-47(31-35-11-7-5-8-12-35)40(49)30-34-17-15-33(16-18-34)29-39(48)46-27-22-43(23-28-46,37-13-9-6-10-14-37)44-42(50)53-38-32-45-24-19-36(38)20-25-45/h5-18,36,38,41H,3-4,19-32H2,1-2H3,(H,44,50)/t38-/m0/s1. The molecule has 0 unspecified atom stereocenters. The van der Waals surface area contributed by atoms with Crippen LogP contribution in [0.15, 0.2) is 84.9 Å². The predicted molar refractivity (Wildman–Crippen MR) is 204 cm³/mol. The molecular weight excluding hydrogens is 668 g/mol. The van der Waals surface area contributed by atoms with E-state index in [1.807, 2.05) is 96.4 Å². The molecule has 284 valence electrons. The lowest BCUT2D eigenvalue weighted by Crippen LogP contribution is -2.57. The lowest BCUT2D eigenvalue weighted by atomic mass is 9.80. The summed E-state index contributed by atoms with van der Waals surface area (Å²) in [5.74, 6) is 0.519. The Morgan fingerprint density at radius 2 is 1.40 bits per heavy atom. The van der Waals surface area contributed by atoms with Crippen LogP contribution >= 0.6 is 0 Å². The molecule has 4 saturated heterocycles. The van der Waals surface area contributed by atoms with Gasteiger partial charge in [-0.3, -0.25) is 14.5 Å². The molecule has 1 atom stereocenters. The van der Waals surface area contributed by atoms with Gasteiger partial charge in [-0.05, 0) is 80.8 Å². The molecule has 0 aliphatic carbocycles. The highest BCUT2D eigenvalue weighted by molar-refractivity contribution is 5.80. The number of likely N-dealkylation sites (tertiary alicyclic amines) is 1. The number of fused-ring (bicyclic) bond motifs is 3. The number of hydrogen-bond donors (Lipinski definition) is 1. The van der Waals surface area contributed by atoms with Crippen LogP contribution in [0.1, 0.15) is 68.2 Å². The minimum atomic E-state index is -0.599. The van der Waals surface area contributed by atoms with Gasteiger partial charge in [0.25, 0.3) is 0 Å². The summed E-state index contributed by atoms with van der Waals surface area (Å²) in [6.07, 6.45) is 3.72. The third kappa shape index (κ3) is 10.5. The SMILES string of the molecule is CCOC(CCN(Cc1ccccc1)C(=O)Cc1ccc(CC(=O)N2CCC(NC(=O)O[C@H]3CN4CCC3CC4)(c3ccccc3)CC2)cc1)OCC. The van der Waals surface area contributed by atoms with Crippen LogP contribution in [0.4, 0.5) is 4.79 Å². The van der Waals surface area contributed by atoms with E-state index in [9.17, 15) is 14.4 Å². The van der Waals surface area contributed by atoms with Crippen molar-refractivity contribution in [2.24, 2.45) is 5.92 Å². The van der Waals surface area contributed by atoms with Gasteiger partial charge in [-0.1, -0.05) is 84.9 Å². The minimum Gasteiger partial charge on any atom is -0.445 e. The largest absolute Gasteiger partial charge is 0.445 e. The number of hydrogen-bond acceptors (Lipinski definition) is 7. The Labute approximate surface area is 314 Å². The number of nitrogens with one attached hydrogen (secondary N) is 1. The van der Waals surface area contributed by atoms with Crippen LogP contribution in [0.5, 0.6) is 0 Å².